The van der Waals surface area contributed by atoms with E-state index >= 15 is 0 Å². The third-order valence-electron chi connectivity index (χ3n) is 5.32. The first-order valence-electron chi connectivity index (χ1n) is 10.9. The van der Waals surface area contributed by atoms with Crippen LogP contribution in [0.5, 0.6) is 0 Å². The van der Waals surface area contributed by atoms with Crippen LogP contribution in [0.2, 0.25) is 15.1 Å². The number of hydrogen-bond acceptors (Lipinski definition) is 3. The Morgan fingerprint density at radius 2 is 1.85 bits per heavy atom. The van der Waals surface area contributed by atoms with E-state index < -0.39 is 5.92 Å². The molecule has 0 aliphatic carbocycles. The van der Waals surface area contributed by atoms with Crippen molar-refractivity contribution in [2.75, 3.05) is 5.01 Å². The number of nitrogens with zero attached hydrogens (tertiary/aromatic N) is 2. The fourth-order valence-corrected chi connectivity index (χ4v) is 4.70. The van der Waals surface area contributed by atoms with Crippen LogP contribution in [-0.4, -0.2) is 17.6 Å². The summed E-state index contributed by atoms with van der Waals surface area (Å²) in [6.07, 6.45) is 6.15. The van der Waals surface area contributed by atoms with Crippen LogP contribution in [0.1, 0.15) is 56.0 Å². The predicted molar refractivity (Wildman–Crippen MR) is 136 cm³/mol. The molecular formula is C25H26Cl3N3O2. The molecule has 1 heterocycles. The molecule has 1 N–H and O–H groups in total. The highest BCUT2D eigenvalue weighted by molar-refractivity contribution is 6.42. The summed E-state index contributed by atoms with van der Waals surface area (Å²) >= 11 is 18.5. The summed E-state index contributed by atoms with van der Waals surface area (Å²) in [4.78, 5) is 25.8. The van der Waals surface area contributed by atoms with Crippen LogP contribution >= 0.6 is 34.8 Å². The van der Waals surface area contributed by atoms with Crippen molar-refractivity contribution in [2.24, 2.45) is 11.0 Å². The minimum absolute atomic E-state index is 0.195. The van der Waals surface area contributed by atoms with Gasteiger partial charge in [0.05, 0.1) is 16.0 Å². The molecule has 1 atom stereocenters. The first-order chi connectivity index (χ1) is 15.7. The summed E-state index contributed by atoms with van der Waals surface area (Å²) < 4.78 is 0. The van der Waals surface area contributed by atoms with Gasteiger partial charge < -0.3 is 5.32 Å². The average molecular weight is 507 g/mol. The van der Waals surface area contributed by atoms with Gasteiger partial charge in [-0.1, -0.05) is 78.9 Å². The quantitative estimate of drug-likeness (QED) is 0.409. The van der Waals surface area contributed by atoms with Crippen LogP contribution in [0.3, 0.4) is 0 Å². The van der Waals surface area contributed by atoms with Gasteiger partial charge >= 0.3 is 0 Å². The maximum Gasteiger partial charge on any atom is 0.258 e. The van der Waals surface area contributed by atoms with E-state index in [1.54, 1.807) is 13.0 Å². The fraction of sp³-hybridized carbons (Fsp3) is 0.320. The number of halogens is 3. The Labute approximate surface area is 209 Å². The van der Waals surface area contributed by atoms with Crippen LogP contribution in [0, 0.1) is 5.92 Å². The van der Waals surface area contributed by atoms with Crippen LogP contribution in [0.25, 0.3) is 0 Å². The largest absolute Gasteiger partial charge is 0.308 e. The number of carbonyl (C=O) groups is 2. The molecule has 0 spiro atoms. The molecule has 5 nitrogen and oxygen atoms in total. The van der Waals surface area contributed by atoms with Gasteiger partial charge in [0.2, 0.25) is 0 Å². The normalized spacial score (nSPS) is 16.2. The van der Waals surface area contributed by atoms with E-state index in [0.29, 0.717) is 10.6 Å². The van der Waals surface area contributed by atoms with Crippen LogP contribution in [-0.2, 0) is 11.2 Å². The minimum Gasteiger partial charge on any atom is -0.308 e. The SMILES string of the molecule is CC/C=C(\CCC)Cc1cccc(C(=O)NC2=NN(c3c(Cl)cc(Cl)cc3Cl)C(=O)C2C)c1. The number of benzene rings is 2. The summed E-state index contributed by atoms with van der Waals surface area (Å²) in [5.74, 6) is -1.11. The van der Waals surface area contributed by atoms with E-state index in [-0.39, 0.29) is 33.4 Å². The Balaban J connectivity index is 1.81. The minimum atomic E-state index is -0.663. The van der Waals surface area contributed by atoms with Crippen LogP contribution in [0.15, 0.2) is 53.1 Å². The third-order valence-corrected chi connectivity index (χ3v) is 6.11. The number of nitrogens with one attached hydrogen (secondary N) is 1. The second-order valence-corrected chi connectivity index (χ2v) is 9.18. The lowest BCUT2D eigenvalue weighted by Gasteiger charge is -2.16. The van der Waals surface area contributed by atoms with E-state index in [1.807, 2.05) is 18.2 Å². The molecular weight excluding hydrogens is 481 g/mol. The van der Waals surface area contributed by atoms with Gasteiger partial charge in [0.1, 0.15) is 11.5 Å². The van der Waals surface area contributed by atoms with Crippen molar-refractivity contribution in [2.45, 2.75) is 46.5 Å². The molecule has 0 aromatic heterocycles. The molecule has 0 saturated heterocycles. The second kappa shape index (κ2) is 11.2. The van der Waals surface area contributed by atoms with Crippen molar-refractivity contribution in [1.82, 2.24) is 5.32 Å². The Morgan fingerprint density at radius 3 is 2.48 bits per heavy atom. The number of anilines is 1. The Kier molecular flexibility index (Phi) is 8.57. The van der Waals surface area contributed by atoms with Crippen LogP contribution in [0.4, 0.5) is 5.69 Å². The smallest absolute Gasteiger partial charge is 0.258 e. The molecule has 174 valence electrons. The zero-order chi connectivity index (χ0) is 24.1. The maximum absolute atomic E-state index is 13.0. The van der Waals surface area contributed by atoms with E-state index in [1.165, 1.54) is 17.7 Å². The zero-order valence-corrected chi connectivity index (χ0v) is 21.1. The first kappa shape index (κ1) is 25.3. The van der Waals surface area contributed by atoms with E-state index in [0.717, 1.165) is 36.3 Å². The zero-order valence-electron chi connectivity index (χ0n) is 18.8. The first-order valence-corrected chi connectivity index (χ1v) is 12.0. The van der Waals surface area contributed by atoms with E-state index in [2.05, 4.69) is 30.3 Å². The van der Waals surface area contributed by atoms with Crippen LogP contribution < -0.4 is 10.3 Å². The Bertz CT molecular complexity index is 1100. The van der Waals surface area contributed by atoms with Crippen molar-refractivity contribution < 1.29 is 9.59 Å². The van der Waals surface area contributed by atoms with E-state index in [4.69, 9.17) is 34.8 Å². The molecule has 2 amide bonds. The molecule has 33 heavy (non-hydrogen) atoms. The molecule has 0 bridgehead atoms. The molecule has 1 aliphatic rings. The number of amides is 2. The third kappa shape index (κ3) is 5.97. The molecule has 0 fully saturated rings. The van der Waals surface area contributed by atoms with Gasteiger partial charge in [0, 0.05) is 10.6 Å². The van der Waals surface area contributed by atoms with Gasteiger partial charge in [-0.05, 0) is 56.0 Å². The van der Waals surface area contributed by atoms with Crippen molar-refractivity contribution in [3.8, 4) is 0 Å². The monoisotopic (exact) mass is 505 g/mol. The molecule has 0 radical (unpaired) electrons. The topological polar surface area (TPSA) is 61.8 Å². The van der Waals surface area contributed by atoms with Gasteiger partial charge in [-0.3, -0.25) is 9.59 Å². The summed E-state index contributed by atoms with van der Waals surface area (Å²) in [6, 6.07) is 10.5. The van der Waals surface area contributed by atoms with E-state index in [9.17, 15) is 9.59 Å². The summed E-state index contributed by atoms with van der Waals surface area (Å²) in [5.41, 5.74) is 3.17. The highest BCUT2D eigenvalue weighted by atomic mass is 35.5. The summed E-state index contributed by atoms with van der Waals surface area (Å²) in [7, 11) is 0. The Hall–Kier alpha value is -2.34. The standard InChI is InChI=1S/C25H26Cl3N3O2/c1-4-7-16(8-5-2)11-17-9-6-10-18(12-17)24(32)29-23-15(3)25(33)31(30-23)22-20(27)13-19(26)14-21(22)28/h6-7,9-10,12-15H,4-5,8,11H2,1-3H3,(H,29,30,32)/b16-7+. The number of hydrogen-bond donors (Lipinski definition) is 1. The van der Waals surface area contributed by atoms with Gasteiger partial charge in [-0.25, -0.2) is 0 Å². The van der Waals surface area contributed by atoms with Gasteiger partial charge in [0.25, 0.3) is 11.8 Å². The lowest BCUT2D eigenvalue weighted by Crippen LogP contribution is -2.35. The molecule has 8 heteroatoms. The summed E-state index contributed by atoms with van der Waals surface area (Å²) in [6.45, 7) is 5.95. The number of carbonyl (C=O) groups excluding carboxylic acids is 2. The predicted octanol–water partition coefficient (Wildman–Crippen LogP) is 7.05. The lowest BCUT2D eigenvalue weighted by atomic mass is 9.98. The van der Waals surface area contributed by atoms with Crippen molar-refractivity contribution in [1.29, 1.82) is 0 Å². The second-order valence-electron chi connectivity index (χ2n) is 7.93. The number of hydrazone groups is 1. The van der Waals surface area contributed by atoms with Gasteiger partial charge in [-0.15, -0.1) is 0 Å². The molecule has 2 aromatic carbocycles. The van der Waals surface area contributed by atoms with Crippen molar-refractivity contribution in [3.05, 3.63) is 74.2 Å². The number of amidine groups is 1. The molecule has 2 aromatic rings. The maximum atomic E-state index is 13.0. The fourth-order valence-electron chi connectivity index (χ4n) is 3.72. The Morgan fingerprint density at radius 1 is 1.15 bits per heavy atom. The average Bonchev–Trinajstić information content (AvgIpc) is 3.02. The number of allylic oxidation sites excluding steroid dienone is 2. The van der Waals surface area contributed by atoms with Gasteiger partial charge in [-0.2, -0.15) is 10.1 Å². The lowest BCUT2D eigenvalue weighted by molar-refractivity contribution is -0.119. The summed E-state index contributed by atoms with van der Waals surface area (Å²) in [5, 5.41) is 8.94. The molecule has 1 aliphatic heterocycles. The molecule has 3 rings (SSSR count). The van der Waals surface area contributed by atoms with Crippen molar-refractivity contribution in [3.63, 3.8) is 0 Å². The van der Waals surface area contributed by atoms with Gasteiger partial charge in [0.15, 0.2) is 0 Å². The highest BCUT2D eigenvalue weighted by Gasteiger charge is 2.36. The van der Waals surface area contributed by atoms with Crippen molar-refractivity contribution >= 4 is 58.1 Å². The number of rotatable bonds is 7. The molecule has 1 unspecified atom stereocenters. The highest BCUT2D eigenvalue weighted by Crippen LogP contribution is 2.39. The molecule has 0 saturated carbocycles.